The van der Waals surface area contributed by atoms with E-state index in [9.17, 15) is 9.59 Å². The predicted molar refractivity (Wildman–Crippen MR) is 114 cm³/mol. The van der Waals surface area contributed by atoms with Gasteiger partial charge in [0.2, 0.25) is 0 Å². The number of piperazine rings is 1. The van der Waals surface area contributed by atoms with Crippen molar-refractivity contribution < 1.29 is 18.7 Å². The maximum absolute atomic E-state index is 12.5. The smallest absolute Gasteiger partial charge is 0.289 e. The number of nitrogens with zero attached hydrogens (tertiary/aromatic N) is 2. The monoisotopic (exact) mass is 424 g/mol. The Morgan fingerprint density at radius 3 is 2.30 bits per heavy atom. The number of hydrogen-bond acceptors (Lipinski definition) is 4. The first-order valence-corrected chi connectivity index (χ1v) is 10.1. The first kappa shape index (κ1) is 20.0. The minimum Gasteiger partial charge on any atom is -0.482 e. The lowest BCUT2D eigenvalue weighted by Crippen LogP contribution is -2.51. The van der Waals surface area contributed by atoms with E-state index in [2.05, 4.69) is 0 Å². The number of furan rings is 1. The second-order valence-electron chi connectivity index (χ2n) is 6.95. The van der Waals surface area contributed by atoms with Gasteiger partial charge in [0, 0.05) is 26.2 Å². The van der Waals surface area contributed by atoms with E-state index in [0.717, 1.165) is 11.1 Å². The van der Waals surface area contributed by atoms with E-state index in [1.165, 1.54) is 6.26 Å². The van der Waals surface area contributed by atoms with E-state index in [1.54, 1.807) is 28.0 Å². The average Bonchev–Trinajstić information content (AvgIpc) is 3.33. The van der Waals surface area contributed by atoms with Crippen molar-refractivity contribution in [1.29, 1.82) is 0 Å². The highest BCUT2D eigenvalue weighted by molar-refractivity contribution is 6.32. The summed E-state index contributed by atoms with van der Waals surface area (Å²) in [7, 11) is 0. The van der Waals surface area contributed by atoms with Crippen LogP contribution in [0.15, 0.2) is 71.3 Å². The fourth-order valence-corrected chi connectivity index (χ4v) is 3.61. The predicted octanol–water partition coefficient (Wildman–Crippen LogP) is 3.96. The lowest BCUT2D eigenvalue weighted by atomic mass is 10.1. The summed E-state index contributed by atoms with van der Waals surface area (Å²) in [5, 5.41) is 0.456. The van der Waals surface area contributed by atoms with Crippen molar-refractivity contribution in [3.05, 3.63) is 77.7 Å². The van der Waals surface area contributed by atoms with Crippen LogP contribution in [0.3, 0.4) is 0 Å². The van der Waals surface area contributed by atoms with Crippen LogP contribution in [0.4, 0.5) is 0 Å². The molecule has 0 spiro atoms. The van der Waals surface area contributed by atoms with E-state index in [1.807, 2.05) is 42.5 Å². The summed E-state index contributed by atoms with van der Waals surface area (Å²) >= 11 is 6.35. The number of amides is 2. The molecule has 2 heterocycles. The summed E-state index contributed by atoms with van der Waals surface area (Å²) in [6.07, 6.45) is 1.47. The molecule has 2 aromatic carbocycles. The van der Waals surface area contributed by atoms with Crippen molar-refractivity contribution in [2.75, 3.05) is 32.8 Å². The minimum atomic E-state index is -0.159. The molecule has 0 N–H and O–H groups in total. The van der Waals surface area contributed by atoms with Gasteiger partial charge in [0.05, 0.1) is 11.3 Å². The molecule has 2 amide bonds. The van der Waals surface area contributed by atoms with Crippen LogP contribution in [0.1, 0.15) is 10.6 Å². The molecule has 0 aliphatic carbocycles. The minimum absolute atomic E-state index is 0.101. The van der Waals surface area contributed by atoms with Crippen LogP contribution in [-0.2, 0) is 4.79 Å². The van der Waals surface area contributed by atoms with Crippen LogP contribution < -0.4 is 4.74 Å². The fraction of sp³-hybridized carbons (Fsp3) is 0.217. The number of halogens is 1. The summed E-state index contributed by atoms with van der Waals surface area (Å²) in [6, 6.07) is 18.7. The zero-order valence-corrected chi connectivity index (χ0v) is 17.0. The number of rotatable bonds is 5. The van der Waals surface area contributed by atoms with Gasteiger partial charge in [-0.1, -0.05) is 48.0 Å². The highest BCUT2D eigenvalue weighted by atomic mass is 35.5. The van der Waals surface area contributed by atoms with Crippen LogP contribution in [-0.4, -0.2) is 54.4 Å². The molecule has 154 valence electrons. The van der Waals surface area contributed by atoms with Crippen molar-refractivity contribution in [2.24, 2.45) is 0 Å². The Morgan fingerprint density at radius 1 is 0.900 bits per heavy atom. The molecule has 3 aromatic rings. The second-order valence-corrected chi connectivity index (χ2v) is 7.36. The molecule has 7 heteroatoms. The third-order valence-electron chi connectivity index (χ3n) is 5.04. The van der Waals surface area contributed by atoms with E-state index in [0.29, 0.717) is 42.7 Å². The van der Waals surface area contributed by atoms with Crippen molar-refractivity contribution in [3.63, 3.8) is 0 Å². The van der Waals surface area contributed by atoms with Crippen molar-refractivity contribution in [3.8, 4) is 16.9 Å². The molecule has 0 unspecified atom stereocenters. The van der Waals surface area contributed by atoms with Gasteiger partial charge >= 0.3 is 0 Å². The van der Waals surface area contributed by atoms with Gasteiger partial charge in [0.1, 0.15) is 5.75 Å². The van der Waals surface area contributed by atoms with Gasteiger partial charge < -0.3 is 19.0 Å². The normalized spacial score (nSPS) is 13.9. The lowest BCUT2D eigenvalue weighted by Gasteiger charge is -2.34. The molecule has 1 aromatic heterocycles. The molecular weight excluding hydrogens is 404 g/mol. The van der Waals surface area contributed by atoms with Gasteiger partial charge in [-0.05, 0) is 35.4 Å². The number of benzene rings is 2. The fourth-order valence-electron chi connectivity index (χ4n) is 3.37. The molecule has 1 aliphatic rings. The van der Waals surface area contributed by atoms with Crippen molar-refractivity contribution >= 4 is 23.4 Å². The number of carbonyl (C=O) groups excluding carboxylic acids is 2. The molecule has 30 heavy (non-hydrogen) atoms. The first-order valence-electron chi connectivity index (χ1n) is 9.70. The zero-order valence-electron chi connectivity index (χ0n) is 16.3. The molecule has 1 saturated heterocycles. The Labute approximate surface area is 179 Å². The molecule has 0 radical (unpaired) electrons. The van der Waals surface area contributed by atoms with Gasteiger partial charge in [0.25, 0.3) is 11.8 Å². The summed E-state index contributed by atoms with van der Waals surface area (Å²) in [6.45, 7) is 1.72. The summed E-state index contributed by atoms with van der Waals surface area (Å²) in [5.41, 5.74) is 2.04. The van der Waals surface area contributed by atoms with Crippen LogP contribution in [0.5, 0.6) is 5.75 Å². The molecule has 1 fully saturated rings. The maximum Gasteiger partial charge on any atom is 0.289 e. The number of carbonyl (C=O) groups is 2. The topological polar surface area (TPSA) is 63.0 Å². The Kier molecular flexibility index (Phi) is 6.05. The third kappa shape index (κ3) is 4.49. The highest BCUT2D eigenvalue weighted by Gasteiger charge is 2.26. The summed E-state index contributed by atoms with van der Waals surface area (Å²) in [4.78, 5) is 28.2. The Hall–Kier alpha value is -3.25. The van der Waals surface area contributed by atoms with Gasteiger partial charge in [-0.25, -0.2) is 0 Å². The van der Waals surface area contributed by atoms with Crippen LogP contribution >= 0.6 is 11.6 Å². The van der Waals surface area contributed by atoms with Gasteiger partial charge in [-0.2, -0.15) is 0 Å². The Bertz CT molecular complexity index is 1010. The second kappa shape index (κ2) is 9.05. The van der Waals surface area contributed by atoms with Gasteiger partial charge in [0.15, 0.2) is 12.4 Å². The molecule has 1 aliphatic heterocycles. The standard InChI is InChI=1S/C23H21ClN2O4/c24-19-15-18(17-5-2-1-3-6-17)8-9-20(19)30-16-22(27)25-10-12-26(13-11-25)23(28)21-7-4-14-29-21/h1-9,14-15H,10-13,16H2. The molecule has 0 saturated carbocycles. The van der Waals surface area contributed by atoms with E-state index in [-0.39, 0.29) is 18.4 Å². The average molecular weight is 425 g/mol. The van der Waals surface area contributed by atoms with E-state index < -0.39 is 0 Å². The van der Waals surface area contributed by atoms with E-state index in [4.69, 9.17) is 20.8 Å². The molecule has 6 nitrogen and oxygen atoms in total. The Morgan fingerprint density at radius 2 is 1.63 bits per heavy atom. The largest absolute Gasteiger partial charge is 0.482 e. The maximum atomic E-state index is 12.5. The molecule has 4 rings (SSSR count). The van der Waals surface area contributed by atoms with Gasteiger partial charge in [-0.3, -0.25) is 9.59 Å². The number of hydrogen-bond donors (Lipinski definition) is 0. The molecule has 0 atom stereocenters. The molecule has 0 bridgehead atoms. The lowest BCUT2D eigenvalue weighted by molar-refractivity contribution is -0.134. The summed E-state index contributed by atoms with van der Waals surface area (Å²) < 4.78 is 10.8. The first-order chi connectivity index (χ1) is 14.6. The van der Waals surface area contributed by atoms with Crippen molar-refractivity contribution in [2.45, 2.75) is 0 Å². The quantitative estimate of drug-likeness (QED) is 0.621. The molecular formula is C23H21ClN2O4. The van der Waals surface area contributed by atoms with Crippen LogP contribution in [0.2, 0.25) is 5.02 Å². The SMILES string of the molecule is O=C(COc1ccc(-c2ccccc2)cc1Cl)N1CCN(C(=O)c2ccco2)CC1. The van der Waals surface area contributed by atoms with Crippen LogP contribution in [0.25, 0.3) is 11.1 Å². The highest BCUT2D eigenvalue weighted by Crippen LogP contribution is 2.30. The number of ether oxygens (including phenoxy) is 1. The third-order valence-corrected chi connectivity index (χ3v) is 5.34. The van der Waals surface area contributed by atoms with Crippen LogP contribution in [0, 0.1) is 0 Å². The van der Waals surface area contributed by atoms with Gasteiger partial charge in [-0.15, -0.1) is 0 Å². The van der Waals surface area contributed by atoms with E-state index >= 15 is 0 Å². The van der Waals surface area contributed by atoms with Crippen molar-refractivity contribution in [1.82, 2.24) is 9.80 Å². The Balaban J connectivity index is 1.29. The summed E-state index contributed by atoms with van der Waals surface area (Å²) in [5.74, 6) is 0.486. The zero-order chi connectivity index (χ0) is 20.9.